The highest BCUT2D eigenvalue weighted by Crippen LogP contribution is 2.59. The first-order valence-electron chi connectivity index (χ1n) is 8.35. The summed E-state index contributed by atoms with van der Waals surface area (Å²) in [6.07, 6.45) is 7.18. The van der Waals surface area contributed by atoms with Gasteiger partial charge in [-0.25, -0.2) is 0 Å². The molecule has 2 saturated heterocycles. The Bertz CT molecular complexity index is 524. The zero-order valence-corrected chi connectivity index (χ0v) is 12.9. The summed E-state index contributed by atoms with van der Waals surface area (Å²) < 4.78 is 7.68. The average molecular weight is 304 g/mol. The van der Waals surface area contributed by atoms with Crippen LogP contribution in [-0.2, 0) is 16.1 Å². The summed E-state index contributed by atoms with van der Waals surface area (Å²) in [6.45, 7) is 4.92. The molecule has 1 spiro atoms. The van der Waals surface area contributed by atoms with E-state index in [1.165, 1.54) is 0 Å². The Balaban J connectivity index is 1.35. The van der Waals surface area contributed by atoms with Crippen LogP contribution in [0.1, 0.15) is 19.3 Å². The molecule has 2 aliphatic heterocycles. The summed E-state index contributed by atoms with van der Waals surface area (Å²) in [7, 11) is 0. The van der Waals surface area contributed by atoms with Gasteiger partial charge < -0.3 is 15.0 Å². The van der Waals surface area contributed by atoms with E-state index in [0.29, 0.717) is 24.5 Å². The van der Waals surface area contributed by atoms with Crippen LogP contribution in [0.3, 0.4) is 0 Å². The van der Waals surface area contributed by atoms with E-state index in [1.807, 2.05) is 21.8 Å². The van der Waals surface area contributed by atoms with Gasteiger partial charge in [0.2, 0.25) is 5.91 Å². The number of aromatic nitrogens is 2. The van der Waals surface area contributed by atoms with Gasteiger partial charge in [0.25, 0.3) is 0 Å². The van der Waals surface area contributed by atoms with Crippen molar-refractivity contribution in [2.24, 2.45) is 11.3 Å². The van der Waals surface area contributed by atoms with Gasteiger partial charge in [-0.1, -0.05) is 0 Å². The van der Waals surface area contributed by atoms with Crippen LogP contribution in [0.15, 0.2) is 18.5 Å². The maximum absolute atomic E-state index is 12.8. The van der Waals surface area contributed by atoms with Gasteiger partial charge in [-0.15, -0.1) is 0 Å². The second-order valence-electron chi connectivity index (χ2n) is 6.87. The Morgan fingerprint density at radius 3 is 3.05 bits per heavy atom. The van der Waals surface area contributed by atoms with Gasteiger partial charge in [0.15, 0.2) is 0 Å². The highest BCUT2D eigenvalue weighted by Gasteiger charge is 2.58. The molecule has 3 aliphatic rings. The lowest BCUT2D eigenvalue weighted by atomic mass is 9.91. The van der Waals surface area contributed by atoms with E-state index in [1.54, 1.807) is 6.20 Å². The lowest BCUT2D eigenvalue weighted by Gasteiger charge is -2.34. The molecule has 0 bridgehead atoms. The van der Waals surface area contributed by atoms with Crippen molar-refractivity contribution >= 4 is 5.91 Å². The molecule has 1 amide bonds. The Hall–Kier alpha value is -1.40. The molecule has 1 N–H and O–H groups in total. The molecule has 0 radical (unpaired) electrons. The monoisotopic (exact) mass is 304 g/mol. The third kappa shape index (κ3) is 2.65. The zero-order valence-electron chi connectivity index (χ0n) is 12.9. The Morgan fingerprint density at radius 2 is 2.27 bits per heavy atom. The Kier molecular flexibility index (Phi) is 3.66. The molecule has 0 aromatic carbocycles. The van der Waals surface area contributed by atoms with Crippen LogP contribution >= 0.6 is 0 Å². The van der Waals surface area contributed by atoms with E-state index in [0.717, 1.165) is 45.4 Å². The van der Waals surface area contributed by atoms with Gasteiger partial charge >= 0.3 is 0 Å². The maximum atomic E-state index is 12.8. The predicted octanol–water partition coefficient (Wildman–Crippen LogP) is 0.500. The normalized spacial score (nSPS) is 30.5. The van der Waals surface area contributed by atoms with Crippen molar-refractivity contribution in [3.63, 3.8) is 0 Å². The summed E-state index contributed by atoms with van der Waals surface area (Å²) in [5.41, 5.74) is 0.318. The fourth-order valence-corrected chi connectivity index (χ4v) is 4.04. The first-order chi connectivity index (χ1) is 10.8. The number of piperidine rings is 1. The second-order valence-corrected chi connectivity index (χ2v) is 6.87. The number of amides is 1. The fraction of sp³-hybridized carbons (Fsp3) is 0.750. The van der Waals surface area contributed by atoms with E-state index in [-0.39, 0.29) is 12.0 Å². The van der Waals surface area contributed by atoms with Crippen molar-refractivity contribution in [3.05, 3.63) is 18.5 Å². The number of morpholine rings is 1. The van der Waals surface area contributed by atoms with E-state index in [9.17, 15) is 4.79 Å². The molecule has 2 atom stereocenters. The second kappa shape index (κ2) is 5.66. The number of nitrogens with zero attached hydrogens (tertiary/aromatic N) is 3. The molecule has 2 unspecified atom stereocenters. The average Bonchev–Trinajstić information content (AvgIpc) is 2.98. The minimum absolute atomic E-state index is 0.0559. The van der Waals surface area contributed by atoms with Crippen molar-refractivity contribution in [2.75, 3.05) is 32.8 Å². The smallest absolute Gasteiger partial charge is 0.226 e. The van der Waals surface area contributed by atoms with Gasteiger partial charge in [0.05, 0.1) is 19.3 Å². The Labute approximate surface area is 130 Å². The quantitative estimate of drug-likeness (QED) is 0.883. The number of carbonyl (C=O) groups is 1. The number of rotatable bonds is 3. The largest absolute Gasteiger partial charge is 0.373 e. The SMILES string of the molecule is O=C(C1CC12CCNCC2)N1CCOC(Cn2cccn2)C1. The van der Waals surface area contributed by atoms with Crippen LogP contribution in [0.2, 0.25) is 0 Å². The van der Waals surface area contributed by atoms with E-state index >= 15 is 0 Å². The molecule has 3 fully saturated rings. The fourth-order valence-electron chi connectivity index (χ4n) is 4.04. The number of ether oxygens (including phenoxy) is 1. The van der Waals surface area contributed by atoms with E-state index < -0.39 is 0 Å². The molecule has 1 aliphatic carbocycles. The summed E-state index contributed by atoms with van der Waals surface area (Å²) >= 11 is 0. The third-order valence-electron chi connectivity index (χ3n) is 5.49. The zero-order chi connectivity index (χ0) is 15.0. The minimum Gasteiger partial charge on any atom is -0.373 e. The highest BCUT2D eigenvalue weighted by molar-refractivity contribution is 5.83. The van der Waals surface area contributed by atoms with Crippen molar-refractivity contribution in [1.29, 1.82) is 0 Å². The van der Waals surface area contributed by atoms with Crippen molar-refractivity contribution in [3.8, 4) is 0 Å². The van der Waals surface area contributed by atoms with Gasteiger partial charge in [0, 0.05) is 31.4 Å². The van der Waals surface area contributed by atoms with Gasteiger partial charge in [-0.05, 0) is 43.8 Å². The molecular weight excluding hydrogens is 280 g/mol. The van der Waals surface area contributed by atoms with Crippen molar-refractivity contribution in [1.82, 2.24) is 20.0 Å². The lowest BCUT2D eigenvalue weighted by Crippen LogP contribution is -2.48. The topological polar surface area (TPSA) is 59.4 Å². The molecule has 3 heterocycles. The minimum atomic E-state index is 0.0559. The molecule has 6 nitrogen and oxygen atoms in total. The van der Waals surface area contributed by atoms with Crippen molar-refractivity contribution < 1.29 is 9.53 Å². The number of carbonyl (C=O) groups excluding carboxylic acids is 1. The standard InChI is InChI=1S/C16H24N4O2/c21-15(14-10-16(14)2-5-17-6-3-16)19-8-9-22-13(11-19)12-20-7-1-4-18-20/h1,4,7,13-14,17H,2-3,5-6,8-12H2. The molecule has 6 heteroatoms. The first kappa shape index (κ1) is 14.2. The Morgan fingerprint density at radius 1 is 1.41 bits per heavy atom. The van der Waals surface area contributed by atoms with Crippen LogP contribution in [0.5, 0.6) is 0 Å². The molecule has 1 saturated carbocycles. The van der Waals surface area contributed by atoms with Crippen LogP contribution in [-0.4, -0.2) is 59.5 Å². The lowest BCUT2D eigenvalue weighted by molar-refractivity contribution is -0.141. The van der Waals surface area contributed by atoms with Gasteiger partial charge in [0.1, 0.15) is 0 Å². The maximum Gasteiger partial charge on any atom is 0.226 e. The molecule has 4 rings (SSSR count). The molecule has 1 aromatic heterocycles. The highest BCUT2D eigenvalue weighted by atomic mass is 16.5. The number of nitrogens with one attached hydrogen (secondary N) is 1. The summed E-state index contributed by atoms with van der Waals surface area (Å²) in [6, 6.07) is 1.91. The van der Waals surface area contributed by atoms with Crippen LogP contribution in [0.25, 0.3) is 0 Å². The molecule has 120 valence electrons. The predicted molar refractivity (Wildman–Crippen MR) is 81.2 cm³/mol. The van der Waals surface area contributed by atoms with Crippen LogP contribution < -0.4 is 5.32 Å². The van der Waals surface area contributed by atoms with Crippen LogP contribution in [0.4, 0.5) is 0 Å². The molecular formula is C16H24N4O2. The summed E-state index contributed by atoms with van der Waals surface area (Å²) in [4.78, 5) is 14.8. The van der Waals surface area contributed by atoms with Crippen LogP contribution in [0, 0.1) is 11.3 Å². The van der Waals surface area contributed by atoms with Crippen molar-refractivity contribution in [2.45, 2.75) is 31.9 Å². The number of hydrogen-bond acceptors (Lipinski definition) is 4. The van der Waals surface area contributed by atoms with Gasteiger partial charge in [-0.3, -0.25) is 9.48 Å². The van der Waals surface area contributed by atoms with Gasteiger partial charge in [-0.2, -0.15) is 5.10 Å². The first-order valence-corrected chi connectivity index (χ1v) is 8.35. The molecule has 22 heavy (non-hydrogen) atoms. The number of hydrogen-bond donors (Lipinski definition) is 1. The molecule has 1 aromatic rings. The van der Waals surface area contributed by atoms with E-state index in [4.69, 9.17) is 4.74 Å². The third-order valence-corrected chi connectivity index (χ3v) is 5.49. The summed E-state index contributed by atoms with van der Waals surface area (Å²) in [5, 5.41) is 7.62. The van der Waals surface area contributed by atoms with E-state index in [2.05, 4.69) is 10.4 Å². The summed E-state index contributed by atoms with van der Waals surface area (Å²) in [5.74, 6) is 0.619.